The number of carbonyl (C=O) groups excluding carboxylic acids is 2. The van der Waals surface area contributed by atoms with Crippen LogP contribution in [0, 0.1) is 0 Å². The zero-order chi connectivity index (χ0) is 18.1. The molecule has 1 atom stereocenters. The first kappa shape index (κ1) is 18.9. The Balaban J connectivity index is 3.36. The van der Waals surface area contributed by atoms with Crippen LogP contribution in [0.3, 0.4) is 0 Å². The third-order valence-corrected chi connectivity index (χ3v) is 3.27. The highest BCUT2D eigenvalue weighted by Gasteiger charge is 2.44. The molecule has 1 rings (SSSR count). The molecule has 0 bridgehead atoms. The molecule has 0 saturated carbocycles. The van der Waals surface area contributed by atoms with Crippen LogP contribution >= 0.6 is 0 Å². The number of hydrogen-bond acceptors (Lipinski definition) is 4. The number of ether oxygens (including phenoxy) is 1. The van der Waals surface area contributed by atoms with Gasteiger partial charge in [-0.05, 0) is 39.3 Å². The van der Waals surface area contributed by atoms with Gasteiger partial charge in [-0.1, -0.05) is 0 Å². The van der Waals surface area contributed by atoms with Gasteiger partial charge < -0.3 is 9.53 Å². The van der Waals surface area contributed by atoms with Crippen LogP contribution in [0.2, 0.25) is 0 Å². The van der Waals surface area contributed by atoms with Crippen LogP contribution in [0.25, 0.3) is 0 Å². The van der Waals surface area contributed by atoms with Crippen molar-refractivity contribution in [1.29, 1.82) is 0 Å². The van der Waals surface area contributed by atoms with Crippen molar-refractivity contribution in [2.75, 3.05) is 7.05 Å². The van der Waals surface area contributed by atoms with Gasteiger partial charge in [0.05, 0.1) is 5.56 Å². The largest absolute Gasteiger partial charge is 0.444 e. The van der Waals surface area contributed by atoms with Crippen LogP contribution in [0.1, 0.15) is 38.8 Å². The molecule has 0 aliphatic heterocycles. The average molecular weight is 332 g/mol. The zero-order valence-electron chi connectivity index (χ0n) is 13.6. The molecule has 0 aliphatic carbocycles. The molecule has 1 aromatic heterocycles. The van der Waals surface area contributed by atoms with Crippen molar-refractivity contribution in [3.05, 3.63) is 29.6 Å². The maximum atomic E-state index is 13.2. The smallest absolute Gasteiger partial charge is 0.418 e. The number of amides is 1. The SMILES string of the molecule is CN(C(=O)OC(C)(C)C)C(C)(C=O)c1ccncc1C(F)(F)F. The maximum Gasteiger partial charge on any atom is 0.418 e. The standard InChI is InChI=1S/C15H19F3N2O3/c1-13(2,3)23-12(22)20(5)14(4,9-21)10-6-7-19-8-11(10)15(16,17)18/h6-9H,1-5H3. The number of aldehydes is 1. The van der Waals surface area contributed by atoms with Crippen molar-refractivity contribution in [3.63, 3.8) is 0 Å². The first-order valence-corrected chi connectivity index (χ1v) is 6.78. The Bertz CT molecular complexity index is 596. The minimum Gasteiger partial charge on any atom is -0.444 e. The second-order valence-corrected chi connectivity index (χ2v) is 6.22. The molecule has 23 heavy (non-hydrogen) atoms. The maximum absolute atomic E-state index is 13.2. The van der Waals surface area contributed by atoms with Crippen molar-refractivity contribution >= 4 is 12.4 Å². The van der Waals surface area contributed by atoms with E-state index in [0.29, 0.717) is 6.20 Å². The number of nitrogens with zero attached hydrogens (tertiary/aromatic N) is 2. The Morgan fingerprint density at radius 2 is 1.78 bits per heavy atom. The Kier molecular flexibility index (Phi) is 5.08. The Hall–Kier alpha value is -2.12. The second kappa shape index (κ2) is 6.17. The van der Waals surface area contributed by atoms with Crippen molar-refractivity contribution in [1.82, 2.24) is 9.88 Å². The molecule has 8 heteroatoms. The number of carbonyl (C=O) groups is 2. The van der Waals surface area contributed by atoms with Gasteiger partial charge in [-0.15, -0.1) is 0 Å². The molecular formula is C15H19F3N2O3. The highest BCUT2D eigenvalue weighted by atomic mass is 19.4. The van der Waals surface area contributed by atoms with Crippen LogP contribution in [-0.4, -0.2) is 34.9 Å². The summed E-state index contributed by atoms with van der Waals surface area (Å²) in [6.07, 6.45) is -3.57. The molecule has 0 spiro atoms. The lowest BCUT2D eigenvalue weighted by Gasteiger charge is -2.36. The fourth-order valence-electron chi connectivity index (χ4n) is 1.90. The summed E-state index contributed by atoms with van der Waals surface area (Å²) >= 11 is 0. The van der Waals surface area contributed by atoms with Crippen molar-refractivity contribution in [3.8, 4) is 0 Å². The van der Waals surface area contributed by atoms with Crippen LogP contribution in [0.5, 0.6) is 0 Å². The molecule has 128 valence electrons. The van der Waals surface area contributed by atoms with E-state index in [-0.39, 0.29) is 11.8 Å². The van der Waals surface area contributed by atoms with E-state index in [1.165, 1.54) is 14.0 Å². The van der Waals surface area contributed by atoms with Gasteiger partial charge in [0, 0.05) is 19.4 Å². The van der Waals surface area contributed by atoms with E-state index in [0.717, 1.165) is 17.2 Å². The highest BCUT2D eigenvalue weighted by molar-refractivity contribution is 5.78. The number of likely N-dealkylation sites (N-methyl/N-ethyl adjacent to an activating group) is 1. The van der Waals surface area contributed by atoms with Gasteiger partial charge in [-0.25, -0.2) is 4.79 Å². The first-order chi connectivity index (χ1) is 10.3. The minimum atomic E-state index is -4.71. The third kappa shape index (κ3) is 4.20. The van der Waals surface area contributed by atoms with Gasteiger partial charge in [-0.3, -0.25) is 9.88 Å². The van der Waals surface area contributed by atoms with E-state index in [4.69, 9.17) is 4.74 Å². The van der Waals surface area contributed by atoms with E-state index in [9.17, 15) is 22.8 Å². The van der Waals surface area contributed by atoms with Gasteiger partial charge in [0.1, 0.15) is 17.4 Å². The van der Waals surface area contributed by atoms with Gasteiger partial charge in [0.25, 0.3) is 0 Å². The number of pyridine rings is 1. The summed E-state index contributed by atoms with van der Waals surface area (Å²) in [5.74, 6) is 0. The Morgan fingerprint density at radius 1 is 1.22 bits per heavy atom. The summed E-state index contributed by atoms with van der Waals surface area (Å²) in [4.78, 5) is 28.0. The fraction of sp³-hybridized carbons (Fsp3) is 0.533. The van der Waals surface area contributed by atoms with E-state index < -0.39 is 29.0 Å². The van der Waals surface area contributed by atoms with Crippen LogP contribution < -0.4 is 0 Å². The number of hydrogen-bond donors (Lipinski definition) is 0. The molecule has 1 aromatic rings. The van der Waals surface area contributed by atoms with Crippen LogP contribution in [0.4, 0.5) is 18.0 Å². The van der Waals surface area contributed by atoms with Gasteiger partial charge in [-0.2, -0.15) is 13.2 Å². The normalized spacial score (nSPS) is 14.8. The third-order valence-electron chi connectivity index (χ3n) is 3.27. The van der Waals surface area contributed by atoms with Gasteiger partial charge in [0.15, 0.2) is 0 Å². The molecule has 1 unspecified atom stereocenters. The molecule has 0 fully saturated rings. The molecule has 0 N–H and O–H groups in total. The van der Waals surface area contributed by atoms with E-state index in [1.54, 1.807) is 20.8 Å². The number of alkyl halides is 3. The summed E-state index contributed by atoms with van der Waals surface area (Å²) in [5, 5.41) is 0. The quantitative estimate of drug-likeness (QED) is 0.796. The highest BCUT2D eigenvalue weighted by Crippen LogP contribution is 2.37. The summed E-state index contributed by atoms with van der Waals surface area (Å²) in [5.41, 5.74) is -4.15. The number of rotatable bonds is 3. The lowest BCUT2D eigenvalue weighted by molar-refractivity contribution is -0.140. The molecule has 0 radical (unpaired) electrons. The monoisotopic (exact) mass is 332 g/mol. The molecule has 5 nitrogen and oxygen atoms in total. The van der Waals surface area contributed by atoms with E-state index in [2.05, 4.69) is 4.98 Å². The average Bonchev–Trinajstić information content (AvgIpc) is 2.43. The summed E-state index contributed by atoms with van der Waals surface area (Å²) < 4.78 is 44.6. The summed E-state index contributed by atoms with van der Waals surface area (Å²) in [7, 11) is 1.21. The lowest BCUT2D eigenvalue weighted by atomic mass is 9.89. The van der Waals surface area contributed by atoms with Crippen LogP contribution in [0.15, 0.2) is 18.5 Å². The zero-order valence-corrected chi connectivity index (χ0v) is 13.6. The topological polar surface area (TPSA) is 59.5 Å². The Labute approximate surface area is 132 Å². The number of aromatic nitrogens is 1. The second-order valence-electron chi connectivity index (χ2n) is 6.22. The predicted molar refractivity (Wildman–Crippen MR) is 76.7 cm³/mol. The Morgan fingerprint density at radius 3 is 2.22 bits per heavy atom. The predicted octanol–water partition coefficient (Wildman–Crippen LogP) is 3.38. The molecule has 0 saturated heterocycles. The first-order valence-electron chi connectivity index (χ1n) is 6.78. The van der Waals surface area contributed by atoms with E-state index >= 15 is 0 Å². The van der Waals surface area contributed by atoms with Crippen molar-refractivity contribution < 1.29 is 27.5 Å². The lowest BCUT2D eigenvalue weighted by Crippen LogP contribution is -2.49. The van der Waals surface area contributed by atoms with Crippen molar-refractivity contribution in [2.24, 2.45) is 0 Å². The minimum absolute atomic E-state index is 0.279. The fourth-order valence-corrected chi connectivity index (χ4v) is 1.90. The molecular weight excluding hydrogens is 313 g/mol. The summed E-state index contributed by atoms with van der Waals surface area (Å²) in [6, 6.07) is 1.07. The molecule has 0 aliphatic rings. The van der Waals surface area contributed by atoms with Gasteiger partial charge >= 0.3 is 12.3 Å². The van der Waals surface area contributed by atoms with Gasteiger partial charge in [0.2, 0.25) is 0 Å². The molecule has 0 aromatic carbocycles. The molecule has 1 heterocycles. The van der Waals surface area contributed by atoms with Crippen LogP contribution in [-0.2, 0) is 21.2 Å². The van der Waals surface area contributed by atoms with E-state index in [1.807, 2.05) is 0 Å². The summed E-state index contributed by atoms with van der Waals surface area (Å²) in [6.45, 7) is 6.06. The van der Waals surface area contributed by atoms with Crippen molar-refractivity contribution in [2.45, 2.75) is 45.0 Å². The number of halogens is 3. The molecule has 1 amide bonds.